The second-order valence-corrected chi connectivity index (χ2v) is 13.8. The van der Waals surface area contributed by atoms with Crippen LogP contribution in [-0.2, 0) is 18.6 Å². The Kier molecular flexibility index (Phi) is 24.9. The molecule has 0 aliphatic rings. The maximum absolute atomic E-state index is 12.7. The molecule has 0 radical (unpaired) electrons. The fraction of sp³-hybridized carbons (Fsp3) is 0.875. The summed E-state index contributed by atoms with van der Waals surface area (Å²) < 4.78 is 29.6. The molecule has 0 rings (SSSR count). The predicted molar refractivity (Wildman–Crippen MR) is 167 cm³/mol. The van der Waals surface area contributed by atoms with Crippen molar-refractivity contribution in [3.63, 3.8) is 0 Å². The highest BCUT2D eigenvalue weighted by Gasteiger charge is 2.41. The lowest BCUT2D eigenvalue weighted by Crippen LogP contribution is -2.45. The molecule has 0 fully saturated rings. The number of unbranched alkanes of at least 4 members (excludes halogenated alkanes) is 13. The Balaban J connectivity index is 3.63. The summed E-state index contributed by atoms with van der Waals surface area (Å²) in [5, 5.41) is 0. The van der Waals surface area contributed by atoms with Crippen molar-refractivity contribution in [2.45, 2.75) is 135 Å². The van der Waals surface area contributed by atoms with E-state index in [1.54, 1.807) is 7.11 Å². The largest absolute Gasteiger partial charge is 0.385 e. The summed E-state index contributed by atoms with van der Waals surface area (Å²) in [4.78, 5) is 10.4. The molecule has 232 valence electrons. The van der Waals surface area contributed by atoms with Crippen molar-refractivity contribution in [2.75, 3.05) is 48.1 Å². The van der Waals surface area contributed by atoms with E-state index < -0.39 is 13.4 Å². The van der Waals surface area contributed by atoms with Crippen LogP contribution in [-0.4, -0.2) is 69.3 Å². The van der Waals surface area contributed by atoms with E-state index in [9.17, 15) is 9.46 Å². The van der Waals surface area contributed by atoms with Crippen molar-refractivity contribution < 1.29 is 27.9 Å². The van der Waals surface area contributed by atoms with Gasteiger partial charge in [0.25, 0.3) is 0 Å². The summed E-state index contributed by atoms with van der Waals surface area (Å²) in [6, 6.07) is 0. The van der Waals surface area contributed by atoms with Gasteiger partial charge in [0.1, 0.15) is 6.10 Å². The number of rotatable bonds is 28. The number of nitrogens with zero attached hydrogens (tertiary/aromatic N) is 1. The van der Waals surface area contributed by atoms with Crippen molar-refractivity contribution in [3.05, 3.63) is 24.3 Å². The quantitative estimate of drug-likeness (QED) is 0.0437. The normalized spacial score (nSPS) is 15.8. The van der Waals surface area contributed by atoms with Gasteiger partial charge in [0, 0.05) is 20.1 Å². The third kappa shape index (κ3) is 22.8. The number of methoxy groups -OCH3 is 1. The molecule has 7 heteroatoms. The smallest absolute Gasteiger partial charge is 0.379 e. The average Bonchev–Trinajstić information content (AvgIpc) is 2.88. The zero-order chi connectivity index (χ0) is 29.2. The standard InChI is InChI=1S/C32H64NO5P/c1-7-9-10-11-12-13-14-15-16-17-18-19-20-21-22-23-24-25-26-27-28-37-29-31(36-6)30-38-39(34,35)32(8-2)33(3,4)5/h11-12,23-24,31-32H,7-10,13-22,25-30H2,1-6H3/p+1/b12-11-,24-23-/t31-,32?/m1/s1. The van der Waals surface area contributed by atoms with Crippen LogP contribution in [0, 0.1) is 0 Å². The van der Waals surface area contributed by atoms with Gasteiger partial charge in [-0.2, -0.15) is 0 Å². The maximum atomic E-state index is 12.7. The molecule has 0 heterocycles. The first-order chi connectivity index (χ1) is 18.7. The summed E-state index contributed by atoms with van der Waals surface area (Å²) in [7, 11) is 3.56. The van der Waals surface area contributed by atoms with Crippen molar-refractivity contribution in [3.8, 4) is 0 Å². The van der Waals surface area contributed by atoms with Crippen LogP contribution in [0.15, 0.2) is 24.3 Å². The van der Waals surface area contributed by atoms with E-state index in [0.717, 1.165) is 19.3 Å². The highest BCUT2D eigenvalue weighted by atomic mass is 31.2. The molecule has 1 N–H and O–H groups in total. The summed E-state index contributed by atoms with van der Waals surface area (Å²) in [5.41, 5.74) is 0. The van der Waals surface area contributed by atoms with Crippen LogP contribution in [0.1, 0.15) is 123 Å². The van der Waals surface area contributed by atoms with Crippen LogP contribution in [0.4, 0.5) is 0 Å². The van der Waals surface area contributed by atoms with Crippen LogP contribution in [0.2, 0.25) is 0 Å². The molecule has 0 amide bonds. The molecule has 0 saturated heterocycles. The molecule has 2 unspecified atom stereocenters. The van der Waals surface area contributed by atoms with Crippen molar-refractivity contribution >= 4 is 7.60 Å². The molecule has 39 heavy (non-hydrogen) atoms. The number of hydrogen-bond acceptors (Lipinski definition) is 4. The first-order valence-electron chi connectivity index (χ1n) is 15.9. The average molecular weight is 575 g/mol. The molecular formula is C32H65NO5P+. The number of hydrogen-bond donors (Lipinski definition) is 1. The fourth-order valence-corrected chi connectivity index (χ4v) is 6.62. The minimum atomic E-state index is -3.75. The molecule has 0 bridgehead atoms. The van der Waals surface area contributed by atoms with Crippen LogP contribution < -0.4 is 0 Å². The molecule has 0 aliphatic heterocycles. The summed E-state index contributed by atoms with van der Waals surface area (Å²) >= 11 is 0. The van der Waals surface area contributed by atoms with E-state index in [2.05, 4.69) is 31.2 Å². The SMILES string of the molecule is CCCC/C=C\CCCCCCCCCC/C=C\CCCCOC[C@H](COP(=O)(O)C(CC)[N+](C)(C)C)OC. The Hall–Kier alpha value is -0.490. The lowest BCUT2D eigenvalue weighted by Gasteiger charge is -2.35. The Labute approximate surface area is 242 Å². The van der Waals surface area contributed by atoms with Gasteiger partial charge in [-0.25, -0.2) is 0 Å². The van der Waals surface area contributed by atoms with Crippen molar-refractivity contribution in [2.24, 2.45) is 0 Å². The molecule has 6 nitrogen and oxygen atoms in total. The van der Waals surface area contributed by atoms with Crippen molar-refractivity contribution in [1.29, 1.82) is 0 Å². The molecule has 0 saturated carbocycles. The van der Waals surface area contributed by atoms with Gasteiger partial charge in [-0.3, -0.25) is 4.57 Å². The van der Waals surface area contributed by atoms with E-state index in [1.165, 1.54) is 83.5 Å². The van der Waals surface area contributed by atoms with Crippen molar-refractivity contribution in [1.82, 2.24) is 0 Å². The van der Waals surface area contributed by atoms with Gasteiger partial charge < -0.3 is 23.4 Å². The second-order valence-electron chi connectivity index (χ2n) is 11.8. The second kappa shape index (κ2) is 25.2. The minimum absolute atomic E-state index is 0.0561. The van der Waals surface area contributed by atoms with Gasteiger partial charge in [-0.05, 0) is 51.4 Å². The Morgan fingerprint density at radius 2 is 1.18 bits per heavy atom. The van der Waals surface area contributed by atoms with Gasteiger partial charge in [0.05, 0.1) is 34.4 Å². The topological polar surface area (TPSA) is 65.0 Å². The van der Waals surface area contributed by atoms with E-state index in [1.807, 2.05) is 28.1 Å². The third-order valence-electron chi connectivity index (χ3n) is 7.18. The van der Waals surface area contributed by atoms with Gasteiger partial charge in [-0.1, -0.05) is 89.5 Å². The number of quaternary nitrogens is 1. The van der Waals surface area contributed by atoms with E-state index in [0.29, 0.717) is 24.1 Å². The molecular weight excluding hydrogens is 509 g/mol. The summed E-state index contributed by atoms with van der Waals surface area (Å²) in [6.45, 7) is 5.24. The fourth-order valence-electron chi connectivity index (χ4n) is 4.74. The third-order valence-corrected chi connectivity index (χ3v) is 9.51. The lowest BCUT2D eigenvalue weighted by atomic mass is 10.1. The highest BCUT2D eigenvalue weighted by Crippen LogP contribution is 2.51. The molecule has 0 aliphatic carbocycles. The zero-order valence-electron chi connectivity index (χ0n) is 26.6. The van der Waals surface area contributed by atoms with Crippen LogP contribution >= 0.6 is 7.60 Å². The van der Waals surface area contributed by atoms with Crippen LogP contribution in [0.3, 0.4) is 0 Å². The van der Waals surface area contributed by atoms with E-state index in [-0.39, 0.29) is 12.7 Å². The molecule has 0 spiro atoms. The van der Waals surface area contributed by atoms with Gasteiger partial charge in [0.15, 0.2) is 5.78 Å². The lowest BCUT2D eigenvalue weighted by molar-refractivity contribution is -0.883. The van der Waals surface area contributed by atoms with Gasteiger partial charge in [-0.15, -0.1) is 0 Å². The molecule has 0 aromatic heterocycles. The van der Waals surface area contributed by atoms with Crippen LogP contribution in [0.5, 0.6) is 0 Å². The molecule has 0 aromatic carbocycles. The highest BCUT2D eigenvalue weighted by molar-refractivity contribution is 7.53. The summed E-state index contributed by atoms with van der Waals surface area (Å²) in [6.07, 6.45) is 30.1. The van der Waals surface area contributed by atoms with E-state index >= 15 is 0 Å². The predicted octanol–water partition coefficient (Wildman–Crippen LogP) is 9.04. The Morgan fingerprint density at radius 3 is 1.62 bits per heavy atom. The zero-order valence-corrected chi connectivity index (χ0v) is 27.5. The molecule has 0 aromatic rings. The Bertz CT molecular complexity index is 647. The van der Waals surface area contributed by atoms with Gasteiger partial charge >= 0.3 is 7.60 Å². The minimum Gasteiger partial charge on any atom is -0.379 e. The van der Waals surface area contributed by atoms with Crippen LogP contribution in [0.25, 0.3) is 0 Å². The van der Waals surface area contributed by atoms with E-state index in [4.69, 9.17) is 14.0 Å². The first kappa shape index (κ1) is 38.5. The summed E-state index contributed by atoms with van der Waals surface area (Å²) in [5.74, 6) is -0.462. The Morgan fingerprint density at radius 1 is 0.718 bits per heavy atom. The van der Waals surface area contributed by atoms with Gasteiger partial charge in [0.2, 0.25) is 0 Å². The molecule has 3 atom stereocenters. The number of ether oxygens (including phenoxy) is 2. The maximum Gasteiger partial charge on any atom is 0.385 e. The number of allylic oxidation sites excluding steroid dienone is 4. The monoisotopic (exact) mass is 574 g/mol. The first-order valence-corrected chi connectivity index (χ1v) is 17.5.